The van der Waals surface area contributed by atoms with Crippen LogP contribution in [0.5, 0.6) is 0 Å². The average molecular weight is 311 g/mol. The van der Waals surface area contributed by atoms with Crippen molar-refractivity contribution in [3.05, 3.63) is 29.3 Å². The lowest BCUT2D eigenvalue weighted by molar-refractivity contribution is 0.0730. The molecule has 1 aliphatic heterocycles. The van der Waals surface area contributed by atoms with E-state index in [1.54, 1.807) is 32.9 Å². The van der Waals surface area contributed by atoms with E-state index >= 15 is 0 Å². The number of ketones is 1. The number of carbonyl (C=O) groups excluding carboxylic acids is 1. The highest BCUT2D eigenvalue weighted by Crippen LogP contribution is 2.23. The van der Waals surface area contributed by atoms with E-state index in [1.165, 1.54) is 10.4 Å². The Morgan fingerprint density at radius 2 is 1.86 bits per heavy atom. The van der Waals surface area contributed by atoms with Gasteiger partial charge in [0.15, 0.2) is 5.78 Å². The average Bonchev–Trinajstić information content (AvgIpc) is 2.47. The molecule has 0 saturated carbocycles. The second-order valence-corrected chi connectivity index (χ2v) is 7.42. The Labute approximate surface area is 126 Å². The molecule has 1 aromatic rings. The number of aryl methyl sites for hydroxylation is 1. The fourth-order valence-corrected chi connectivity index (χ4v) is 3.95. The summed E-state index contributed by atoms with van der Waals surface area (Å²) in [6.07, 6.45) is 0. The van der Waals surface area contributed by atoms with Crippen molar-refractivity contribution in [2.75, 3.05) is 26.3 Å². The molecule has 1 aliphatic rings. The summed E-state index contributed by atoms with van der Waals surface area (Å²) in [4.78, 5) is 12.3. The third-order valence-electron chi connectivity index (χ3n) is 3.58. The summed E-state index contributed by atoms with van der Waals surface area (Å²) < 4.78 is 32.0. The largest absolute Gasteiger partial charge is 0.379 e. The fourth-order valence-electron chi connectivity index (χ4n) is 2.29. The number of hydrogen-bond acceptors (Lipinski definition) is 4. The zero-order chi connectivity index (χ0) is 15.6. The molecule has 1 fully saturated rings. The van der Waals surface area contributed by atoms with E-state index in [-0.39, 0.29) is 16.6 Å². The molecule has 1 heterocycles. The molecule has 0 spiro atoms. The maximum absolute atomic E-state index is 12.7. The molecule has 5 nitrogen and oxygen atoms in total. The minimum absolute atomic E-state index is 0.0478. The second kappa shape index (κ2) is 6.25. The van der Waals surface area contributed by atoms with E-state index in [4.69, 9.17) is 4.74 Å². The Bertz CT molecular complexity index is 631. The quantitative estimate of drug-likeness (QED) is 0.796. The first-order valence-corrected chi connectivity index (χ1v) is 8.51. The van der Waals surface area contributed by atoms with Gasteiger partial charge >= 0.3 is 0 Å². The lowest BCUT2D eigenvalue weighted by Gasteiger charge is -2.26. The Morgan fingerprint density at radius 3 is 2.43 bits per heavy atom. The van der Waals surface area contributed by atoms with Crippen LogP contribution in [0.15, 0.2) is 23.1 Å². The monoisotopic (exact) mass is 311 g/mol. The third kappa shape index (κ3) is 3.33. The molecule has 0 radical (unpaired) electrons. The van der Waals surface area contributed by atoms with E-state index in [1.807, 2.05) is 0 Å². The van der Waals surface area contributed by atoms with E-state index in [9.17, 15) is 13.2 Å². The molecular weight excluding hydrogens is 290 g/mol. The van der Waals surface area contributed by atoms with E-state index < -0.39 is 10.0 Å². The van der Waals surface area contributed by atoms with Crippen molar-refractivity contribution in [1.29, 1.82) is 0 Å². The summed E-state index contributed by atoms with van der Waals surface area (Å²) in [5.74, 6) is -0.208. The number of rotatable bonds is 4. The SMILES string of the molecule is Cc1ccc(C(=O)C(C)C)cc1S(=O)(=O)N1CCOCC1. The molecule has 1 aromatic carbocycles. The lowest BCUT2D eigenvalue weighted by Crippen LogP contribution is -2.40. The number of ether oxygens (including phenoxy) is 1. The highest BCUT2D eigenvalue weighted by Gasteiger charge is 2.28. The predicted octanol–water partition coefficient (Wildman–Crippen LogP) is 1.85. The van der Waals surface area contributed by atoms with Crippen LogP contribution in [0.25, 0.3) is 0 Å². The number of nitrogens with zero attached hydrogens (tertiary/aromatic N) is 1. The molecule has 0 unspecified atom stereocenters. The van der Waals surface area contributed by atoms with Gasteiger partial charge in [0.25, 0.3) is 0 Å². The minimum Gasteiger partial charge on any atom is -0.379 e. The van der Waals surface area contributed by atoms with E-state index in [2.05, 4.69) is 0 Å². The summed E-state index contributed by atoms with van der Waals surface area (Å²) in [5.41, 5.74) is 1.10. The molecule has 0 N–H and O–H groups in total. The molecule has 0 aromatic heterocycles. The van der Waals surface area contributed by atoms with Crippen molar-refractivity contribution in [3.8, 4) is 0 Å². The van der Waals surface area contributed by atoms with Crippen LogP contribution in [0, 0.1) is 12.8 Å². The van der Waals surface area contributed by atoms with Gasteiger partial charge in [0, 0.05) is 24.6 Å². The smallest absolute Gasteiger partial charge is 0.243 e. The lowest BCUT2D eigenvalue weighted by atomic mass is 10.0. The Morgan fingerprint density at radius 1 is 1.24 bits per heavy atom. The molecular formula is C15H21NO4S. The zero-order valence-electron chi connectivity index (χ0n) is 12.6. The number of hydrogen-bond donors (Lipinski definition) is 0. The Balaban J connectivity index is 2.42. The summed E-state index contributed by atoms with van der Waals surface area (Å²) in [6, 6.07) is 4.89. The van der Waals surface area contributed by atoms with Crippen molar-refractivity contribution in [2.45, 2.75) is 25.7 Å². The van der Waals surface area contributed by atoms with Gasteiger partial charge in [-0.1, -0.05) is 26.0 Å². The van der Waals surface area contributed by atoms with Gasteiger partial charge in [-0.3, -0.25) is 4.79 Å². The van der Waals surface area contributed by atoms with Gasteiger partial charge in [0.1, 0.15) is 0 Å². The van der Waals surface area contributed by atoms with Crippen LogP contribution in [-0.4, -0.2) is 44.8 Å². The molecule has 116 valence electrons. The van der Waals surface area contributed by atoms with Crippen molar-refractivity contribution in [1.82, 2.24) is 4.31 Å². The highest BCUT2D eigenvalue weighted by atomic mass is 32.2. The number of Topliss-reactive ketones (excluding diaryl/α,β-unsaturated/α-hetero) is 1. The first kappa shape index (κ1) is 16.1. The molecule has 0 aliphatic carbocycles. The summed E-state index contributed by atoms with van der Waals surface area (Å²) in [6.45, 7) is 6.87. The van der Waals surface area contributed by atoms with Crippen molar-refractivity contribution < 1.29 is 17.9 Å². The highest BCUT2D eigenvalue weighted by molar-refractivity contribution is 7.89. The summed E-state index contributed by atoms with van der Waals surface area (Å²) in [7, 11) is -3.57. The van der Waals surface area contributed by atoms with Crippen LogP contribution < -0.4 is 0 Å². The predicted molar refractivity (Wildman–Crippen MR) is 79.9 cm³/mol. The standard InChI is InChI=1S/C15H21NO4S/c1-11(2)15(17)13-5-4-12(3)14(10-13)21(18,19)16-6-8-20-9-7-16/h4-5,10-11H,6-9H2,1-3H3. The molecule has 6 heteroatoms. The summed E-state index contributed by atoms with van der Waals surface area (Å²) in [5, 5.41) is 0. The molecule has 0 atom stereocenters. The van der Waals surface area contributed by atoms with Gasteiger partial charge in [-0.05, 0) is 18.6 Å². The number of sulfonamides is 1. The molecule has 0 amide bonds. The fraction of sp³-hybridized carbons (Fsp3) is 0.533. The Kier molecular flexibility index (Phi) is 4.81. The normalized spacial score (nSPS) is 17.1. The topological polar surface area (TPSA) is 63.7 Å². The molecule has 1 saturated heterocycles. The van der Waals surface area contributed by atoms with Gasteiger partial charge in [-0.25, -0.2) is 8.42 Å². The van der Waals surface area contributed by atoms with Gasteiger partial charge in [0.2, 0.25) is 10.0 Å². The maximum Gasteiger partial charge on any atom is 0.243 e. The first-order valence-electron chi connectivity index (χ1n) is 7.07. The molecule has 2 rings (SSSR count). The number of benzene rings is 1. The summed E-state index contributed by atoms with van der Waals surface area (Å²) >= 11 is 0. The van der Waals surface area contributed by atoms with Gasteiger partial charge in [-0.15, -0.1) is 0 Å². The van der Waals surface area contributed by atoms with Gasteiger partial charge < -0.3 is 4.74 Å². The van der Waals surface area contributed by atoms with Crippen LogP contribution >= 0.6 is 0 Å². The van der Waals surface area contributed by atoms with Crippen molar-refractivity contribution in [2.24, 2.45) is 5.92 Å². The van der Waals surface area contributed by atoms with Crippen LogP contribution in [0.3, 0.4) is 0 Å². The van der Waals surface area contributed by atoms with Crippen LogP contribution in [-0.2, 0) is 14.8 Å². The van der Waals surface area contributed by atoms with Crippen LogP contribution in [0.2, 0.25) is 0 Å². The Hall–Kier alpha value is -1.24. The van der Waals surface area contributed by atoms with Crippen molar-refractivity contribution in [3.63, 3.8) is 0 Å². The van der Waals surface area contributed by atoms with Crippen LogP contribution in [0.4, 0.5) is 0 Å². The number of morpholine rings is 1. The van der Waals surface area contributed by atoms with Crippen LogP contribution in [0.1, 0.15) is 29.8 Å². The van der Waals surface area contributed by atoms with E-state index in [0.717, 1.165) is 0 Å². The first-order chi connectivity index (χ1) is 9.84. The van der Waals surface area contributed by atoms with Gasteiger partial charge in [-0.2, -0.15) is 4.31 Å². The second-order valence-electron chi connectivity index (χ2n) is 5.52. The molecule has 21 heavy (non-hydrogen) atoms. The minimum atomic E-state index is -3.57. The van der Waals surface area contributed by atoms with Crippen molar-refractivity contribution >= 4 is 15.8 Å². The number of carbonyl (C=O) groups is 1. The van der Waals surface area contributed by atoms with E-state index in [0.29, 0.717) is 37.4 Å². The maximum atomic E-state index is 12.7. The zero-order valence-corrected chi connectivity index (χ0v) is 13.4. The third-order valence-corrected chi connectivity index (χ3v) is 5.63. The molecule has 0 bridgehead atoms. The van der Waals surface area contributed by atoms with Gasteiger partial charge in [0.05, 0.1) is 18.1 Å².